The molecule has 0 bridgehead atoms. The topological polar surface area (TPSA) is 55.8 Å². The molecule has 1 rings (SSSR count). The van der Waals surface area contributed by atoms with Crippen LogP contribution in [0.15, 0.2) is 12.1 Å². The van der Waals surface area contributed by atoms with E-state index in [2.05, 4.69) is 0 Å². The Hall–Kier alpha value is -2.04. The van der Waals surface area contributed by atoms with E-state index in [0.29, 0.717) is 5.75 Å². The van der Waals surface area contributed by atoms with E-state index < -0.39 is 11.7 Å². The SMILES string of the molecule is COc1cc(CN(C)C(=O)C(C)=O)c(OC)cc1C. The molecule has 19 heavy (non-hydrogen) atoms. The number of benzene rings is 1. The van der Waals surface area contributed by atoms with Crippen molar-refractivity contribution < 1.29 is 19.1 Å². The highest BCUT2D eigenvalue weighted by Gasteiger charge is 2.17. The Kier molecular flexibility index (Phi) is 4.92. The highest BCUT2D eigenvalue weighted by Crippen LogP contribution is 2.29. The summed E-state index contributed by atoms with van der Waals surface area (Å²) in [7, 11) is 4.73. The summed E-state index contributed by atoms with van der Waals surface area (Å²) in [6.07, 6.45) is 0. The maximum absolute atomic E-state index is 11.6. The van der Waals surface area contributed by atoms with Gasteiger partial charge in [0.25, 0.3) is 5.91 Å². The zero-order chi connectivity index (χ0) is 14.6. The first-order valence-corrected chi connectivity index (χ1v) is 5.88. The van der Waals surface area contributed by atoms with Gasteiger partial charge in [-0.2, -0.15) is 0 Å². The Bertz CT molecular complexity index is 496. The Balaban J connectivity index is 3.05. The number of rotatable bonds is 5. The number of aryl methyl sites for hydroxylation is 1. The minimum Gasteiger partial charge on any atom is -0.496 e. The van der Waals surface area contributed by atoms with Crippen molar-refractivity contribution in [3.63, 3.8) is 0 Å². The predicted molar refractivity (Wildman–Crippen MR) is 71.4 cm³/mol. The minimum atomic E-state index is -0.526. The summed E-state index contributed by atoms with van der Waals surface area (Å²) in [6, 6.07) is 3.67. The Morgan fingerprint density at radius 1 is 1.16 bits per heavy atom. The second-order valence-corrected chi connectivity index (χ2v) is 4.35. The average molecular weight is 265 g/mol. The lowest BCUT2D eigenvalue weighted by atomic mass is 10.1. The number of amides is 1. The van der Waals surface area contributed by atoms with Crippen LogP contribution in [0.25, 0.3) is 0 Å². The lowest BCUT2D eigenvalue weighted by Crippen LogP contribution is -2.31. The van der Waals surface area contributed by atoms with Gasteiger partial charge in [-0.25, -0.2) is 0 Å². The summed E-state index contributed by atoms with van der Waals surface area (Å²) in [4.78, 5) is 24.0. The van der Waals surface area contributed by atoms with Gasteiger partial charge < -0.3 is 14.4 Å². The lowest BCUT2D eigenvalue weighted by molar-refractivity contribution is -0.143. The predicted octanol–water partition coefficient (Wildman–Crippen LogP) is 1.56. The number of ether oxygens (including phenoxy) is 2. The van der Waals surface area contributed by atoms with Crippen LogP contribution in [0.2, 0.25) is 0 Å². The van der Waals surface area contributed by atoms with E-state index in [1.807, 2.05) is 19.1 Å². The van der Waals surface area contributed by atoms with Gasteiger partial charge in [0.05, 0.1) is 14.2 Å². The Labute approximate surface area is 113 Å². The fourth-order valence-electron chi connectivity index (χ4n) is 1.83. The van der Waals surface area contributed by atoms with Crippen molar-refractivity contribution in [3.8, 4) is 11.5 Å². The first-order valence-electron chi connectivity index (χ1n) is 5.88. The standard InChI is InChI=1S/C14H19NO4/c1-9-6-13(19-5)11(7-12(9)18-4)8-15(3)14(17)10(2)16/h6-7H,8H2,1-5H3. The van der Waals surface area contributed by atoms with Crippen LogP contribution in [0.3, 0.4) is 0 Å². The summed E-state index contributed by atoms with van der Waals surface area (Å²) in [6.45, 7) is 3.46. The molecule has 0 unspecified atom stereocenters. The summed E-state index contributed by atoms with van der Waals surface area (Å²) in [5.41, 5.74) is 1.74. The van der Waals surface area contributed by atoms with Gasteiger partial charge in [-0.05, 0) is 24.6 Å². The van der Waals surface area contributed by atoms with E-state index in [9.17, 15) is 9.59 Å². The molecule has 0 atom stereocenters. The molecular formula is C14H19NO4. The van der Waals surface area contributed by atoms with Crippen molar-refractivity contribution in [2.45, 2.75) is 20.4 Å². The molecule has 0 aliphatic rings. The summed E-state index contributed by atoms with van der Waals surface area (Å²) in [5, 5.41) is 0. The summed E-state index contributed by atoms with van der Waals surface area (Å²) >= 11 is 0. The molecule has 0 radical (unpaired) electrons. The minimum absolute atomic E-state index is 0.290. The molecule has 0 aliphatic heterocycles. The maximum Gasteiger partial charge on any atom is 0.289 e. The third-order valence-electron chi connectivity index (χ3n) is 2.85. The number of hydrogen-bond acceptors (Lipinski definition) is 4. The Morgan fingerprint density at radius 2 is 1.74 bits per heavy atom. The molecule has 5 heteroatoms. The third-order valence-corrected chi connectivity index (χ3v) is 2.85. The zero-order valence-electron chi connectivity index (χ0n) is 11.9. The number of Topliss-reactive ketones (excluding diaryl/α,β-unsaturated/α-hetero) is 1. The lowest BCUT2D eigenvalue weighted by Gasteiger charge is -2.19. The van der Waals surface area contributed by atoms with Crippen molar-refractivity contribution in [3.05, 3.63) is 23.3 Å². The summed E-state index contributed by atoms with van der Waals surface area (Å²) < 4.78 is 10.5. The quantitative estimate of drug-likeness (QED) is 0.758. The Morgan fingerprint density at radius 3 is 2.21 bits per heavy atom. The van der Waals surface area contributed by atoms with E-state index in [4.69, 9.17) is 9.47 Å². The first-order chi connectivity index (χ1) is 8.90. The van der Waals surface area contributed by atoms with E-state index >= 15 is 0 Å². The molecule has 0 spiro atoms. The number of carbonyl (C=O) groups excluding carboxylic acids is 2. The van der Waals surface area contributed by atoms with Crippen LogP contribution in [0.4, 0.5) is 0 Å². The van der Waals surface area contributed by atoms with Gasteiger partial charge in [0, 0.05) is 26.1 Å². The van der Waals surface area contributed by atoms with Gasteiger partial charge in [0.1, 0.15) is 11.5 Å². The fourth-order valence-corrected chi connectivity index (χ4v) is 1.83. The molecular weight excluding hydrogens is 246 g/mol. The number of ketones is 1. The second kappa shape index (κ2) is 6.22. The van der Waals surface area contributed by atoms with Crippen LogP contribution in [0, 0.1) is 6.92 Å². The van der Waals surface area contributed by atoms with Crippen LogP contribution in [-0.2, 0) is 16.1 Å². The van der Waals surface area contributed by atoms with Crippen molar-refractivity contribution in [1.29, 1.82) is 0 Å². The highest BCUT2D eigenvalue weighted by atomic mass is 16.5. The molecule has 1 amide bonds. The second-order valence-electron chi connectivity index (χ2n) is 4.35. The zero-order valence-corrected chi connectivity index (χ0v) is 11.9. The molecule has 1 aromatic rings. The van der Waals surface area contributed by atoms with Crippen LogP contribution in [0.1, 0.15) is 18.1 Å². The molecule has 0 aliphatic carbocycles. The molecule has 0 heterocycles. The number of likely N-dealkylation sites (N-methyl/N-ethyl adjacent to an activating group) is 1. The normalized spacial score (nSPS) is 9.95. The third kappa shape index (κ3) is 3.47. The average Bonchev–Trinajstić information content (AvgIpc) is 2.38. The van der Waals surface area contributed by atoms with Gasteiger partial charge in [-0.1, -0.05) is 0 Å². The van der Waals surface area contributed by atoms with Crippen molar-refractivity contribution in [2.75, 3.05) is 21.3 Å². The van der Waals surface area contributed by atoms with Crippen LogP contribution in [-0.4, -0.2) is 37.9 Å². The van der Waals surface area contributed by atoms with Gasteiger partial charge in [0.15, 0.2) is 0 Å². The van der Waals surface area contributed by atoms with Crippen molar-refractivity contribution >= 4 is 11.7 Å². The van der Waals surface area contributed by atoms with Gasteiger partial charge in [-0.3, -0.25) is 9.59 Å². The molecule has 0 fully saturated rings. The number of carbonyl (C=O) groups is 2. The van der Waals surface area contributed by atoms with Gasteiger partial charge in [-0.15, -0.1) is 0 Å². The maximum atomic E-state index is 11.6. The van der Waals surface area contributed by atoms with E-state index in [0.717, 1.165) is 16.9 Å². The number of hydrogen-bond donors (Lipinski definition) is 0. The van der Waals surface area contributed by atoms with Crippen molar-refractivity contribution in [2.24, 2.45) is 0 Å². The molecule has 0 aromatic heterocycles. The van der Waals surface area contributed by atoms with Gasteiger partial charge >= 0.3 is 0 Å². The van der Waals surface area contributed by atoms with E-state index in [1.54, 1.807) is 21.3 Å². The first kappa shape index (κ1) is 15.0. The van der Waals surface area contributed by atoms with E-state index in [1.165, 1.54) is 11.8 Å². The molecule has 1 aromatic carbocycles. The summed E-state index contributed by atoms with van der Waals surface area (Å²) in [5.74, 6) is 0.378. The molecule has 5 nitrogen and oxygen atoms in total. The van der Waals surface area contributed by atoms with Crippen molar-refractivity contribution in [1.82, 2.24) is 4.90 Å². The molecule has 0 N–H and O–H groups in total. The fraction of sp³-hybridized carbons (Fsp3) is 0.429. The van der Waals surface area contributed by atoms with Gasteiger partial charge in [0.2, 0.25) is 5.78 Å². The molecule has 104 valence electrons. The highest BCUT2D eigenvalue weighted by molar-refractivity contribution is 6.34. The van der Waals surface area contributed by atoms with E-state index in [-0.39, 0.29) is 6.54 Å². The van der Waals surface area contributed by atoms with Crippen LogP contribution < -0.4 is 9.47 Å². The number of nitrogens with zero attached hydrogens (tertiary/aromatic N) is 1. The molecule has 0 saturated carbocycles. The smallest absolute Gasteiger partial charge is 0.289 e. The molecule has 0 saturated heterocycles. The monoisotopic (exact) mass is 265 g/mol. The van der Waals surface area contributed by atoms with Crippen LogP contribution in [0.5, 0.6) is 11.5 Å². The number of methoxy groups -OCH3 is 2. The van der Waals surface area contributed by atoms with Crippen LogP contribution >= 0.6 is 0 Å². The largest absolute Gasteiger partial charge is 0.496 e.